The van der Waals surface area contributed by atoms with Gasteiger partial charge in [0.25, 0.3) is 0 Å². The predicted molar refractivity (Wildman–Crippen MR) is 28.9 cm³/mol. The van der Waals surface area contributed by atoms with Gasteiger partial charge in [-0.1, -0.05) is 0 Å². The van der Waals surface area contributed by atoms with Gasteiger partial charge in [-0.3, -0.25) is 0 Å². The van der Waals surface area contributed by atoms with E-state index in [4.69, 9.17) is 5.11 Å². The van der Waals surface area contributed by atoms with Crippen LogP contribution in [0.5, 0.6) is 0 Å². The third-order valence-electron chi connectivity index (χ3n) is 1.23. The molecule has 0 aliphatic carbocycles. The van der Waals surface area contributed by atoms with Crippen molar-refractivity contribution in [1.82, 2.24) is 0 Å². The van der Waals surface area contributed by atoms with Crippen molar-refractivity contribution < 1.29 is 44.6 Å². The van der Waals surface area contributed by atoms with E-state index in [1.165, 1.54) is 0 Å². The first kappa shape index (κ1) is 17.7. The first-order valence-electron chi connectivity index (χ1n) is 2.67. The zero-order valence-electron chi connectivity index (χ0n) is 6.85. The molecule has 0 spiro atoms. The van der Waals surface area contributed by atoms with Crippen LogP contribution in [0.2, 0.25) is 0 Å². The van der Waals surface area contributed by atoms with Crippen molar-refractivity contribution in [3.8, 4) is 0 Å². The maximum absolute atomic E-state index is 11.4. The Hall–Kier alpha value is 0.330. The van der Waals surface area contributed by atoms with Crippen molar-refractivity contribution in [2.24, 2.45) is 0 Å². The zero-order chi connectivity index (χ0) is 12.0. The second-order valence-electron chi connectivity index (χ2n) is 2.20. The summed E-state index contributed by atoms with van der Waals surface area (Å²) in [6.07, 6.45) is -20.6. The van der Waals surface area contributed by atoms with Crippen molar-refractivity contribution in [3.63, 3.8) is 0 Å². The van der Waals surface area contributed by atoms with Gasteiger partial charge in [-0.2, -0.15) is 39.5 Å². The summed E-state index contributed by atoms with van der Waals surface area (Å²) in [7, 11) is 0. The largest absolute Gasteiger partial charge is 0.435 e. The first-order valence-corrected chi connectivity index (χ1v) is 2.67. The minimum absolute atomic E-state index is 0. The van der Waals surface area contributed by atoms with E-state index < -0.39 is 24.1 Å². The molecule has 11 heteroatoms. The van der Waals surface area contributed by atoms with E-state index >= 15 is 0 Å². The van der Waals surface area contributed by atoms with Gasteiger partial charge >= 0.3 is 24.1 Å². The minimum Gasteiger partial charge on any atom is -0.367 e. The van der Waals surface area contributed by atoms with Crippen LogP contribution in [0.25, 0.3) is 0 Å². The Morgan fingerprint density at radius 2 is 0.667 bits per heavy atom. The molecule has 0 rings (SSSR count). The molecule has 0 aromatic heterocycles. The van der Waals surface area contributed by atoms with Crippen molar-refractivity contribution in [2.75, 3.05) is 0 Å². The summed E-state index contributed by atoms with van der Waals surface area (Å²) in [6, 6.07) is 0. The molecule has 0 bridgehead atoms. The van der Waals surface area contributed by atoms with Gasteiger partial charge < -0.3 is 5.11 Å². The van der Waals surface area contributed by atoms with E-state index in [0.717, 1.165) is 0 Å². The van der Waals surface area contributed by atoms with E-state index in [-0.39, 0.29) is 29.6 Å². The molecule has 0 aromatic carbocycles. The van der Waals surface area contributed by atoms with E-state index in [0.29, 0.717) is 0 Å². The third kappa shape index (κ3) is 2.92. The SMILES string of the molecule is OC(C(F)(F)F)(C(F)(F)F)C(F)(F)F.[Na]. The third-order valence-corrected chi connectivity index (χ3v) is 1.23. The molecule has 87 valence electrons. The molecule has 0 atom stereocenters. The average Bonchev–Trinajstić information content (AvgIpc) is 1.77. The van der Waals surface area contributed by atoms with Gasteiger partial charge in [0.05, 0.1) is 0 Å². The summed E-state index contributed by atoms with van der Waals surface area (Å²) in [5, 5.41) is 7.65. The number of hydrogen-bond donors (Lipinski definition) is 1. The fourth-order valence-corrected chi connectivity index (χ4v) is 0.482. The second kappa shape index (κ2) is 4.30. The van der Waals surface area contributed by atoms with Crippen LogP contribution in [0, 0.1) is 0 Å². The zero-order valence-corrected chi connectivity index (χ0v) is 8.85. The fourth-order valence-electron chi connectivity index (χ4n) is 0.482. The summed E-state index contributed by atoms with van der Waals surface area (Å²) in [5.74, 6) is 0. The molecule has 1 N–H and O–H groups in total. The molecule has 0 fully saturated rings. The van der Waals surface area contributed by atoms with Crippen LogP contribution in [0.15, 0.2) is 0 Å². The molecule has 0 aromatic rings. The van der Waals surface area contributed by atoms with Gasteiger partial charge in [0, 0.05) is 29.6 Å². The maximum Gasteiger partial charge on any atom is 0.435 e. The number of hydrogen-bond acceptors (Lipinski definition) is 1. The number of halogens is 9. The molecule has 0 saturated heterocycles. The van der Waals surface area contributed by atoms with Gasteiger partial charge in [0.15, 0.2) is 0 Å². The van der Waals surface area contributed by atoms with E-state index in [2.05, 4.69) is 0 Å². The molecule has 0 amide bonds. The molecule has 0 unspecified atom stereocenters. The molecule has 0 aliphatic heterocycles. The molecule has 0 saturated carbocycles. The molecular weight excluding hydrogens is 258 g/mol. The van der Waals surface area contributed by atoms with Crippen molar-refractivity contribution >= 4 is 29.6 Å². The van der Waals surface area contributed by atoms with Crippen molar-refractivity contribution in [2.45, 2.75) is 24.1 Å². The number of rotatable bonds is 0. The Kier molecular flexibility index (Phi) is 5.08. The van der Waals surface area contributed by atoms with Gasteiger partial charge in [-0.25, -0.2) is 0 Å². The van der Waals surface area contributed by atoms with Gasteiger partial charge in [-0.05, 0) is 0 Å². The maximum atomic E-state index is 11.4. The number of alkyl halides is 9. The summed E-state index contributed by atoms with van der Waals surface area (Å²) in [5.41, 5.74) is -6.69. The molecule has 0 heterocycles. The Morgan fingerprint density at radius 3 is 0.667 bits per heavy atom. The van der Waals surface area contributed by atoms with E-state index in [1.807, 2.05) is 0 Å². The van der Waals surface area contributed by atoms with Crippen LogP contribution in [0.1, 0.15) is 0 Å². The predicted octanol–water partition coefficient (Wildman–Crippen LogP) is 2.02. The monoisotopic (exact) mass is 259 g/mol. The fraction of sp³-hybridized carbons (Fsp3) is 1.00. The van der Waals surface area contributed by atoms with Crippen LogP contribution in [-0.2, 0) is 0 Å². The summed E-state index contributed by atoms with van der Waals surface area (Å²) in [4.78, 5) is 0. The Balaban J connectivity index is 0. The second-order valence-corrected chi connectivity index (χ2v) is 2.20. The van der Waals surface area contributed by atoms with Crippen LogP contribution >= 0.6 is 0 Å². The van der Waals surface area contributed by atoms with Crippen LogP contribution in [0.3, 0.4) is 0 Å². The van der Waals surface area contributed by atoms with Crippen molar-refractivity contribution in [3.05, 3.63) is 0 Å². The van der Waals surface area contributed by atoms with Crippen LogP contribution in [0.4, 0.5) is 39.5 Å². The topological polar surface area (TPSA) is 20.2 Å². The van der Waals surface area contributed by atoms with E-state index in [9.17, 15) is 39.5 Å². The Morgan fingerprint density at radius 1 is 0.533 bits per heavy atom. The van der Waals surface area contributed by atoms with Crippen molar-refractivity contribution in [1.29, 1.82) is 0 Å². The van der Waals surface area contributed by atoms with Gasteiger partial charge in [0.2, 0.25) is 0 Å². The summed E-state index contributed by atoms with van der Waals surface area (Å²) < 4.78 is 103. The molecule has 1 nitrogen and oxygen atoms in total. The summed E-state index contributed by atoms with van der Waals surface area (Å²) in [6.45, 7) is 0. The standard InChI is InChI=1S/C4HF9O.Na/c5-2(6,7)1(14,3(8,9)10)4(11,12)13;/h14H;. The smallest absolute Gasteiger partial charge is 0.367 e. The molecule has 1 radical (unpaired) electrons. The minimum atomic E-state index is -6.87. The molecule has 15 heavy (non-hydrogen) atoms. The Bertz CT molecular complexity index is 176. The molecular formula is C4HF9NaO. The number of aliphatic hydroxyl groups is 1. The van der Waals surface area contributed by atoms with Crippen LogP contribution < -0.4 is 0 Å². The normalized spacial score (nSPS) is 14.8. The summed E-state index contributed by atoms with van der Waals surface area (Å²) >= 11 is 0. The molecule has 0 aliphatic rings. The average molecular weight is 259 g/mol. The quantitative estimate of drug-likeness (QED) is 0.521. The van der Waals surface area contributed by atoms with E-state index in [1.54, 1.807) is 0 Å². The Labute approximate surface area is 98.5 Å². The van der Waals surface area contributed by atoms with Gasteiger partial charge in [0.1, 0.15) is 0 Å². The first-order chi connectivity index (χ1) is 5.75. The van der Waals surface area contributed by atoms with Crippen LogP contribution in [-0.4, -0.2) is 58.8 Å². The van der Waals surface area contributed by atoms with Gasteiger partial charge in [-0.15, -0.1) is 0 Å².